The normalized spacial score (nSPS) is 14.6. The molecule has 11 heteroatoms. The van der Waals surface area contributed by atoms with E-state index in [0.29, 0.717) is 33.7 Å². The molecule has 0 saturated carbocycles. The molecule has 0 N–H and O–H groups in total. The summed E-state index contributed by atoms with van der Waals surface area (Å²) in [5.41, 5.74) is 1.41. The number of benzene rings is 2. The van der Waals surface area contributed by atoms with Crippen molar-refractivity contribution >= 4 is 80.7 Å². The number of hydrogen-bond donors (Lipinski definition) is 0. The second-order valence-corrected chi connectivity index (χ2v) is 9.86. The van der Waals surface area contributed by atoms with E-state index in [1.807, 2.05) is 6.92 Å². The maximum atomic E-state index is 12.7. The Hall–Kier alpha value is -1.95. The quantitative estimate of drug-likeness (QED) is 0.185. The Morgan fingerprint density at radius 2 is 1.88 bits per heavy atom. The first-order chi connectivity index (χ1) is 16.2. The van der Waals surface area contributed by atoms with Gasteiger partial charge in [-0.3, -0.25) is 19.3 Å². The molecule has 180 valence electrons. The third-order valence-electron chi connectivity index (χ3n) is 4.48. The van der Waals surface area contributed by atoms with Gasteiger partial charge in [-0.15, -0.1) is 0 Å². The Kier molecular flexibility index (Phi) is 9.52. The van der Waals surface area contributed by atoms with Crippen LogP contribution in [0.1, 0.15) is 25.0 Å². The Labute approximate surface area is 224 Å². The van der Waals surface area contributed by atoms with Crippen molar-refractivity contribution in [3.8, 4) is 11.5 Å². The first-order valence-electron chi connectivity index (χ1n) is 10.2. The fourth-order valence-electron chi connectivity index (χ4n) is 2.99. The Bertz CT molecular complexity index is 1160. The van der Waals surface area contributed by atoms with Gasteiger partial charge in [0.2, 0.25) is 0 Å². The molecule has 3 rings (SSSR count). The summed E-state index contributed by atoms with van der Waals surface area (Å²) in [6, 6.07) is 8.70. The number of esters is 1. The van der Waals surface area contributed by atoms with Crippen LogP contribution in [0.25, 0.3) is 6.08 Å². The molecular weight excluding hydrogens is 616 g/mol. The zero-order chi connectivity index (χ0) is 24.8. The van der Waals surface area contributed by atoms with Gasteiger partial charge in [0.15, 0.2) is 11.5 Å². The van der Waals surface area contributed by atoms with Crippen LogP contribution < -0.4 is 9.47 Å². The molecule has 2 aromatic rings. The molecule has 0 unspecified atom stereocenters. The first-order valence-corrected chi connectivity index (χ1v) is 12.8. The van der Waals surface area contributed by atoms with Crippen LogP contribution in [0.15, 0.2) is 35.2 Å². The lowest BCUT2D eigenvalue weighted by molar-refractivity contribution is -0.145. The minimum absolute atomic E-state index is 0.169. The predicted molar refractivity (Wildman–Crippen MR) is 140 cm³/mol. The Balaban J connectivity index is 1.83. The van der Waals surface area contributed by atoms with E-state index in [1.165, 1.54) is 0 Å². The smallest absolute Gasteiger partial charge is 0.326 e. The van der Waals surface area contributed by atoms with E-state index >= 15 is 0 Å². The Morgan fingerprint density at radius 3 is 2.56 bits per heavy atom. The first kappa shape index (κ1) is 26.7. The van der Waals surface area contributed by atoms with Crippen molar-refractivity contribution in [3.05, 3.63) is 60.0 Å². The summed E-state index contributed by atoms with van der Waals surface area (Å²) < 4.78 is 17.3. The number of imide groups is 1. The fourth-order valence-corrected chi connectivity index (χ4v) is 5.07. The number of ether oxygens (including phenoxy) is 3. The molecule has 1 aliphatic rings. The predicted octanol–water partition coefficient (Wildman–Crippen LogP) is 6.18. The molecular formula is C23H20Cl2INO6S. The van der Waals surface area contributed by atoms with E-state index in [-0.39, 0.29) is 18.1 Å². The minimum Gasteiger partial charge on any atom is -0.490 e. The van der Waals surface area contributed by atoms with E-state index in [0.717, 1.165) is 25.8 Å². The average Bonchev–Trinajstić information content (AvgIpc) is 3.02. The van der Waals surface area contributed by atoms with E-state index in [2.05, 4.69) is 22.6 Å². The van der Waals surface area contributed by atoms with Crippen molar-refractivity contribution in [3.63, 3.8) is 0 Å². The molecule has 1 aliphatic heterocycles. The number of carbonyl (C=O) groups excluding carboxylic acids is 3. The largest absolute Gasteiger partial charge is 0.490 e. The van der Waals surface area contributed by atoms with Crippen LogP contribution in [0.3, 0.4) is 0 Å². The maximum Gasteiger partial charge on any atom is 0.326 e. The Morgan fingerprint density at radius 1 is 1.12 bits per heavy atom. The van der Waals surface area contributed by atoms with Gasteiger partial charge in [0.05, 0.1) is 21.7 Å². The van der Waals surface area contributed by atoms with Gasteiger partial charge in [-0.05, 0) is 84.1 Å². The summed E-state index contributed by atoms with van der Waals surface area (Å²) in [6.07, 6.45) is 1.58. The second kappa shape index (κ2) is 12.1. The molecule has 1 heterocycles. The van der Waals surface area contributed by atoms with Crippen molar-refractivity contribution in [2.24, 2.45) is 0 Å². The number of halogens is 3. The van der Waals surface area contributed by atoms with Gasteiger partial charge in [0.1, 0.15) is 13.2 Å². The van der Waals surface area contributed by atoms with Crippen molar-refractivity contribution < 1.29 is 28.6 Å². The summed E-state index contributed by atoms with van der Waals surface area (Å²) in [5, 5.41) is 0.508. The molecule has 1 fully saturated rings. The number of rotatable bonds is 9. The number of hydrogen-bond acceptors (Lipinski definition) is 7. The summed E-state index contributed by atoms with van der Waals surface area (Å²) in [6.45, 7) is 3.85. The van der Waals surface area contributed by atoms with Crippen LogP contribution in [-0.2, 0) is 20.9 Å². The summed E-state index contributed by atoms with van der Waals surface area (Å²) in [5.74, 6) is -0.173. The number of carbonyl (C=O) groups is 3. The lowest BCUT2D eigenvalue weighted by atomic mass is 10.1. The molecule has 0 radical (unpaired) electrons. The third-order valence-corrected chi connectivity index (χ3v) is 6.78. The van der Waals surface area contributed by atoms with Crippen LogP contribution in [0, 0.1) is 3.57 Å². The molecule has 0 spiro atoms. The zero-order valence-corrected chi connectivity index (χ0v) is 22.7. The maximum absolute atomic E-state index is 12.7. The van der Waals surface area contributed by atoms with Crippen molar-refractivity contribution in [1.82, 2.24) is 4.90 Å². The standard InChI is InChI=1S/C23H20Cl2INO6S/c1-3-31-18-8-13(9-19-22(29)27(23(30)34-19)11-20(28)32-4-2)7-17(26)21(18)33-12-14-5-6-15(24)10-16(14)25/h5-10H,3-4,11-12H2,1-2H3/b19-9-. The highest BCUT2D eigenvalue weighted by Crippen LogP contribution is 2.38. The summed E-state index contributed by atoms with van der Waals surface area (Å²) >= 11 is 15.1. The molecule has 7 nitrogen and oxygen atoms in total. The molecule has 34 heavy (non-hydrogen) atoms. The molecule has 0 aromatic heterocycles. The average molecular weight is 636 g/mol. The molecule has 2 amide bonds. The zero-order valence-electron chi connectivity index (χ0n) is 18.2. The highest BCUT2D eigenvalue weighted by Gasteiger charge is 2.36. The highest BCUT2D eigenvalue weighted by molar-refractivity contribution is 14.1. The van der Waals surface area contributed by atoms with Crippen LogP contribution in [0.5, 0.6) is 11.5 Å². The molecule has 2 aromatic carbocycles. The van der Waals surface area contributed by atoms with Gasteiger partial charge in [-0.25, -0.2) is 0 Å². The van der Waals surface area contributed by atoms with Crippen LogP contribution in [-0.4, -0.2) is 41.8 Å². The lowest BCUT2D eigenvalue weighted by Crippen LogP contribution is -2.34. The van der Waals surface area contributed by atoms with Crippen molar-refractivity contribution in [1.29, 1.82) is 0 Å². The van der Waals surface area contributed by atoms with Crippen molar-refractivity contribution in [2.45, 2.75) is 20.5 Å². The lowest BCUT2D eigenvalue weighted by Gasteiger charge is -2.15. The molecule has 1 saturated heterocycles. The topological polar surface area (TPSA) is 82.1 Å². The molecule has 0 bridgehead atoms. The number of amides is 2. The van der Waals surface area contributed by atoms with Gasteiger partial charge >= 0.3 is 5.97 Å². The monoisotopic (exact) mass is 635 g/mol. The summed E-state index contributed by atoms with van der Waals surface area (Å²) in [4.78, 5) is 37.7. The van der Waals surface area contributed by atoms with E-state index in [1.54, 1.807) is 43.3 Å². The number of nitrogens with zero attached hydrogens (tertiary/aromatic N) is 1. The van der Waals surface area contributed by atoms with Gasteiger partial charge in [-0.2, -0.15) is 0 Å². The van der Waals surface area contributed by atoms with Gasteiger partial charge in [0, 0.05) is 15.6 Å². The van der Waals surface area contributed by atoms with Crippen LogP contribution in [0.4, 0.5) is 4.79 Å². The summed E-state index contributed by atoms with van der Waals surface area (Å²) in [7, 11) is 0. The number of thioether (sulfide) groups is 1. The van der Waals surface area contributed by atoms with Crippen LogP contribution >= 0.6 is 57.6 Å². The van der Waals surface area contributed by atoms with Crippen molar-refractivity contribution in [2.75, 3.05) is 19.8 Å². The minimum atomic E-state index is -0.637. The van der Waals surface area contributed by atoms with Gasteiger partial charge in [-0.1, -0.05) is 29.3 Å². The second-order valence-electron chi connectivity index (χ2n) is 6.86. The molecule has 0 atom stereocenters. The highest BCUT2D eigenvalue weighted by atomic mass is 127. The third kappa shape index (κ3) is 6.59. The SMILES string of the molecule is CCOC(=O)CN1C(=O)S/C(=C\c2cc(I)c(OCc3ccc(Cl)cc3Cl)c(OCC)c2)C1=O. The molecule has 0 aliphatic carbocycles. The van der Waals surface area contributed by atoms with Crippen LogP contribution in [0.2, 0.25) is 10.0 Å². The fraction of sp³-hybridized carbons (Fsp3) is 0.261. The van der Waals surface area contributed by atoms with E-state index in [9.17, 15) is 14.4 Å². The van der Waals surface area contributed by atoms with E-state index in [4.69, 9.17) is 37.4 Å². The van der Waals surface area contributed by atoms with Gasteiger partial charge < -0.3 is 14.2 Å². The van der Waals surface area contributed by atoms with Gasteiger partial charge in [0.25, 0.3) is 11.1 Å². The van der Waals surface area contributed by atoms with E-state index < -0.39 is 23.7 Å².